The van der Waals surface area contributed by atoms with Gasteiger partial charge in [0, 0.05) is 26.3 Å². The van der Waals surface area contributed by atoms with E-state index < -0.39 is 0 Å². The minimum atomic E-state index is 1.06. The van der Waals surface area contributed by atoms with Gasteiger partial charge in [0.1, 0.15) is 5.69 Å². The van der Waals surface area contributed by atoms with Crippen LogP contribution in [-0.2, 0) is 0 Å². The maximum Gasteiger partial charge on any atom is 0.254 e. The minimum absolute atomic E-state index is 1.06. The van der Waals surface area contributed by atoms with Gasteiger partial charge in [0.25, 0.3) is 6.33 Å². The second kappa shape index (κ2) is 6.33. The summed E-state index contributed by atoms with van der Waals surface area (Å²) in [4.78, 5) is 3.66. The number of hydrogen-bond donors (Lipinski definition) is 1. The first-order valence-electron chi connectivity index (χ1n) is 9.57. The molecule has 0 radical (unpaired) electrons. The molecule has 3 aromatic heterocycles. The number of para-hydroxylation sites is 1. The van der Waals surface area contributed by atoms with Crippen molar-refractivity contribution in [3.63, 3.8) is 0 Å². The van der Waals surface area contributed by atoms with Crippen LogP contribution in [0, 0.1) is 0 Å². The average molecular weight is 439 g/mol. The molecule has 4 heteroatoms. The van der Waals surface area contributed by atoms with Crippen molar-refractivity contribution >= 4 is 43.3 Å². The molecule has 0 spiro atoms. The van der Waals surface area contributed by atoms with Crippen molar-refractivity contribution in [2.24, 2.45) is 0 Å². The molecule has 3 heterocycles. The van der Waals surface area contributed by atoms with Gasteiger partial charge in [-0.3, -0.25) is 0 Å². The molecule has 0 unspecified atom stereocenters. The van der Waals surface area contributed by atoms with Crippen LogP contribution in [0.2, 0.25) is 0 Å². The lowest BCUT2D eigenvalue weighted by Gasteiger charge is -2.03. The van der Waals surface area contributed by atoms with Crippen molar-refractivity contribution in [3.05, 3.63) is 102 Å². The van der Waals surface area contributed by atoms with Gasteiger partial charge in [0.05, 0.1) is 11.7 Å². The number of rotatable bonds is 2. The summed E-state index contributed by atoms with van der Waals surface area (Å²) >= 11 is 3.62. The predicted molar refractivity (Wildman–Crippen MR) is 121 cm³/mol. The smallest absolute Gasteiger partial charge is 0.254 e. The molecule has 0 bridgehead atoms. The van der Waals surface area contributed by atoms with Crippen LogP contribution < -0.4 is 4.40 Å². The van der Waals surface area contributed by atoms with Crippen molar-refractivity contribution in [1.29, 1.82) is 0 Å². The number of nitrogens with one attached hydrogen (secondary N) is 1. The fourth-order valence-electron chi connectivity index (χ4n) is 4.21. The van der Waals surface area contributed by atoms with E-state index in [1.54, 1.807) is 0 Å². The average Bonchev–Trinajstić information content (AvgIpc) is 3.33. The van der Waals surface area contributed by atoms with Crippen molar-refractivity contribution in [2.45, 2.75) is 0 Å². The highest BCUT2D eigenvalue weighted by atomic mass is 79.9. The van der Waals surface area contributed by atoms with Crippen LogP contribution >= 0.6 is 15.9 Å². The first kappa shape index (κ1) is 16.6. The van der Waals surface area contributed by atoms with Gasteiger partial charge < -0.3 is 4.98 Å². The number of hydrogen-bond acceptors (Lipinski definition) is 0. The molecule has 29 heavy (non-hydrogen) atoms. The van der Waals surface area contributed by atoms with Gasteiger partial charge in [0.15, 0.2) is 5.69 Å². The van der Waals surface area contributed by atoms with Crippen molar-refractivity contribution in [2.75, 3.05) is 0 Å². The maximum absolute atomic E-state index is 3.66. The van der Waals surface area contributed by atoms with E-state index >= 15 is 0 Å². The number of aromatic amines is 1. The van der Waals surface area contributed by atoms with Gasteiger partial charge >= 0.3 is 0 Å². The summed E-state index contributed by atoms with van der Waals surface area (Å²) in [6, 6.07) is 29.7. The normalized spacial score (nSPS) is 11.6. The predicted octanol–water partition coefficient (Wildman–Crippen LogP) is 6.28. The van der Waals surface area contributed by atoms with Crippen molar-refractivity contribution in [1.82, 2.24) is 9.55 Å². The van der Waals surface area contributed by atoms with E-state index in [1.165, 1.54) is 27.5 Å². The van der Waals surface area contributed by atoms with Gasteiger partial charge in [-0.1, -0.05) is 70.5 Å². The number of halogens is 1. The number of benzene rings is 3. The molecule has 3 aromatic carbocycles. The monoisotopic (exact) mass is 438 g/mol. The number of pyridine rings is 1. The summed E-state index contributed by atoms with van der Waals surface area (Å²) in [5, 5.41) is 2.49. The minimum Gasteiger partial charge on any atom is -0.351 e. The Morgan fingerprint density at radius 2 is 1.62 bits per heavy atom. The summed E-state index contributed by atoms with van der Waals surface area (Å²) in [5.74, 6) is 0. The third-order valence-electron chi connectivity index (χ3n) is 5.48. The summed E-state index contributed by atoms with van der Waals surface area (Å²) in [7, 11) is 0. The zero-order valence-corrected chi connectivity index (χ0v) is 17.1. The third kappa shape index (κ3) is 2.53. The van der Waals surface area contributed by atoms with Gasteiger partial charge in [-0.25, -0.2) is 0 Å². The number of nitrogens with zero attached hydrogens (tertiary/aromatic N) is 2. The SMILES string of the molecule is Brc1cccc(-n2c[n+]3ccc4c5ccccc5[nH]c4c3c2-c2ccccc2)c1. The lowest BCUT2D eigenvalue weighted by molar-refractivity contribution is -0.510. The first-order valence-corrected chi connectivity index (χ1v) is 10.4. The summed E-state index contributed by atoms with van der Waals surface area (Å²) in [6.07, 6.45) is 4.31. The molecule has 0 aliphatic carbocycles. The van der Waals surface area contributed by atoms with E-state index in [-0.39, 0.29) is 0 Å². The van der Waals surface area contributed by atoms with E-state index in [0.717, 1.165) is 21.2 Å². The summed E-state index contributed by atoms with van der Waals surface area (Å²) in [6.45, 7) is 0. The molecule has 0 amide bonds. The Morgan fingerprint density at radius 3 is 2.48 bits per heavy atom. The molecule has 6 aromatic rings. The Morgan fingerprint density at radius 1 is 0.793 bits per heavy atom. The molecule has 0 aliphatic rings. The van der Waals surface area contributed by atoms with Crippen LogP contribution in [0.1, 0.15) is 0 Å². The molecule has 0 saturated carbocycles. The maximum atomic E-state index is 3.66. The molecular formula is C25H17BrN3+. The number of fused-ring (bicyclic) bond motifs is 5. The fraction of sp³-hybridized carbons (Fsp3) is 0. The molecule has 0 saturated heterocycles. The second-order valence-corrected chi connectivity index (χ2v) is 8.13. The van der Waals surface area contributed by atoms with Gasteiger partial charge in [-0.05, 0) is 30.3 Å². The first-order chi connectivity index (χ1) is 14.3. The number of aromatic nitrogens is 3. The summed E-state index contributed by atoms with van der Waals surface area (Å²) in [5.41, 5.74) is 6.95. The van der Waals surface area contributed by atoms with E-state index in [4.69, 9.17) is 0 Å². The van der Waals surface area contributed by atoms with Crippen molar-refractivity contribution < 1.29 is 4.40 Å². The Kier molecular flexibility index (Phi) is 3.61. The molecule has 3 nitrogen and oxygen atoms in total. The lowest BCUT2D eigenvalue weighted by atomic mass is 10.1. The van der Waals surface area contributed by atoms with Gasteiger partial charge in [-0.15, -0.1) is 0 Å². The molecular weight excluding hydrogens is 422 g/mol. The molecule has 138 valence electrons. The quantitative estimate of drug-likeness (QED) is 0.307. The van der Waals surface area contributed by atoms with E-state index in [9.17, 15) is 0 Å². The Labute approximate surface area is 176 Å². The zero-order valence-electron chi connectivity index (χ0n) is 15.5. The number of imidazole rings is 1. The highest BCUT2D eigenvalue weighted by Crippen LogP contribution is 2.33. The van der Waals surface area contributed by atoms with Crippen LogP contribution in [0.25, 0.3) is 44.3 Å². The van der Waals surface area contributed by atoms with Crippen LogP contribution in [0.15, 0.2) is 102 Å². The molecule has 6 rings (SSSR count). The second-order valence-electron chi connectivity index (χ2n) is 7.21. The highest BCUT2D eigenvalue weighted by Gasteiger charge is 2.24. The van der Waals surface area contributed by atoms with Gasteiger partial charge in [-0.2, -0.15) is 8.97 Å². The standard InChI is InChI=1S/C25H17BrN3/c26-18-9-6-10-19(15-18)29-16-28-14-13-21-20-11-4-5-12-22(20)27-23(21)25(28)24(29)17-7-2-1-3-8-17/h1-16,27H/q+1. The van der Waals surface area contributed by atoms with Gasteiger partial charge in [0.2, 0.25) is 5.52 Å². The molecule has 0 fully saturated rings. The molecule has 0 aliphatic heterocycles. The highest BCUT2D eigenvalue weighted by molar-refractivity contribution is 9.10. The lowest BCUT2D eigenvalue weighted by Crippen LogP contribution is -2.17. The fourth-order valence-corrected chi connectivity index (χ4v) is 4.60. The zero-order chi connectivity index (χ0) is 19.4. The van der Waals surface area contributed by atoms with E-state index in [2.05, 4.69) is 127 Å². The van der Waals surface area contributed by atoms with E-state index in [0.29, 0.717) is 0 Å². The van der Waals surface area contributed by atoms with Crippen LogP contribution in [-0.4, -0.2) is 9.55 Å². The van der Waals surface area contributed by atoms with Crippen molar-refractivity contribution in [3.8, 4) is 16.9 Å². The largest absolute Gasteiger partial charge is 0.351 e. The third-order valence-corrected chi connectivity index (χ3v) is 5.97. The van der Waals surface area contributed by atoms with E-state index in [1.807, 2.05) is 0 Å². The Balaban J connectivity index is 1.80. The Bertz CT molecular complexity index is 1510. The number of H-pyrrole nitrogens is 1. The van der Waals surface area contributed by atoms with Crippen LogP contribution in [0.5, 0.6) is 0 Å². The van der Waals surface area contributed by atoms with Crippen LogP contribution in [0.4, 0.5) is 0 Å². The topological polar surface area (TPSA) is 24.8 Å². The molecule has 0 atom stereocenters. The Hall–Kier alpha value is -3.37. The van der Waals surface area contributed by atoms with Crippen LogP contribution in [0.3, 0.4) is 0 Å². The molecule has 1 N–H and O–H groups in total. The summed E-state index contributed by atoms with van der Waals surface area (Å²) < 4.78 is 5.54.